The molecule has 1 N–H and O–H groups in total. The zero-order valence-electron chi connectivity index (χ0n) is 10.4. The maximum atomic E-state index is 10.6. The third-order valence-electron chi connectivity index (χ3n) is 2.18. The lowest BCUT2D eigenvalue weighted by atomic mass is 10.1. The molecule has 1 rings (SSSR count). The van der Waals surface area contributed by atoms with E-state index in [0.717, 1.165) is 5.56 Å². The lowest BCUT2D eigenvalue weighted by molar-refractivity contribution is -0.136. The SMILES string of the molecule is COCCOCCOc1cccc(CC(=O)O)c1. The molecule has 0 spiro atoms. The minimum atomic E-state index is -0.852. The van der Waals surface area contributed by atoms with Crippen molar-refractivity contribution in [2.24, 2.45) is 0 Å². The van der Waals surface area contributed by atoms with Gasteiger partial charge in [0.1, 0.15) is 12.4 Å². The zero-order valence-corrected chi connectivity index (χ0v) is 10.4. The Bertz CT molecular complexity index is 364. The molecular weight excluding hydrogens is 236 g/mol. The summed E-state index contributed by atoms with van der Waals surface area (Å²) in [6, 6.07) is 7.05. The van der Waals surface area contributed by atoms with Gasteiger partial charge in [0.15, 0.2) is 0 Å². The fraction of sp³-hybridized carbons (Fsp3) is 0.462. The average molecular weight is 254 g/mol. The number of ether oxygens (including phenoxy) is 3. The number of hydrogen-bond donors (Lipinski definition) is 1. The molecule has 0 aliphatic rings. The fourth-order valence-electron chi connectivity index (χ4n) is 1.38. The summed E-state index contributed by atoms with van der Waals surface area (Å²) in [6.07, 6.45) is 0.00153. The molecule has 0 radical (unpaired) electrons. The molecule has 0 heterocycles. The van der Waals surface area contributed by atoms with Gasteiger partial charge in [0.25, 0.3) is 0 Å². The first kappa shape index (κ1) is 14.5. The van der Waals surface area contributed by atoms with Gasteiger partial charge in [-0.3, -0.25) is 4.79 Å². The van der Waals surface area contributed by atoms with Crippen LogP contribution in [0, 0.1) is 0 Å². The molecule has 0 atom stereocenters. The van der Waals surface area contributed by atoms with Gasteiger partial charge in [0.05, 0.1) is 26.2 Å². The first-order valence-electron chi connectivity index (χ1n) is 5.72. The van der Waals surface area contributed by atoms with Crippen LogP contribution in [0.4, 0.5) is 0 Å². The van der Waals surface area contributed by atoms with Crippen LogP contribution in [0.2, 0.25) is 0 Å². The zero-order chi connectivity index (χ0) is 13.2. The molecule has 1 aromatic carbocycles. The summed E-state index contributed by atoms with van der Waals surface area (Å²) in [5, 5.41) is 8.68. The van der Waals surface area contributed by atoms with E-state index in [1.54, 1.807) is 31.4 Å². The summed E-state index contributed by atoms with van der Waals surface area (Å²) >= 11 is 0. The van der Waals surface area contributed by atoms with Crippen LogP contribution in [0.25, 0.3) is 0 Å². The van der Waals surface area contributed by atoms with Crippen LogP contribution in [0.3, 0.4) is 0 Å². The number of carboxylic acids is 1. The van der Waals surface area contributed by atoms with E-state index in [2.05, 4.69) is 0 Å². The first-order chi connectivity index (χ1) is 8.72. The number of carboxylic acid groups (broad SMARTS) is 1. The Morgan fingerprint density at radius 3 is 2.72 bits per heavy atom. The predicted octanol–water partition coefficient (Wildman–Crippen LogP) is 1.36. The number of methoxy groups -OCH3 is 1. The van der Waals surface area contributed by atoms with Gasteiger partial charge in [0, 0.05) is 7.11 Å². The summed E-state index contributed by atoms with van der Waals surface area (Å²) < 4.78 is 15.5. The predicted molar refractivity (Wildman–Crippen MR) is 66.0 cm³/mol. The highest BCUT2D eigenvalue weighted by Crippen LogP contribution is 2.13. The Hall–Kier alpha value is -1.59. The normalized spacial score (nSPS) is 10.3. The van der Waals surface area contributed by atoms with Crippen LogP contribution in [-0.4, -0.2) is 44.6 Å². The van der Waals surface area contributed by atoms with Crippen molar-refractivity contribution in [3.63, 3.8) is 0 Å². The van der Waals surface area contributed by atoms with Crippen LogP contribution < -0.4 is 4.74 Å². The standard InChI is InChI=1S/C13H18O5/c1-16-5-6-17-7-8-18-12-4-2-3-11(9-12)10-13(14)15/h2-4,9H,5-8,10H2,1H3,(H,14,15). The Morgan fingerprint density at radius 2 is 2.00 bits per heavy atom. The smallest absolute Gasteiger partial charge is 0.307 e. The second-order valence-corrected chi connectivity index (χ2v) is 3.67. The number of hydrogen-bond acceptors (Lipinski definition) is 4. The molecule has 5 heteroatoms. The van der Waals surface area contributed by atoms with Crippen molar-refractivity contribution in [3.8, 4) is 5.75 Å². The van der Waals surface area contributed by atoms with Crippen LogP contribution in [0.1, 0.15) is 5.56 Å². The molecule has 0 aliphatic carbocycles. The van der Waals surface area contributed by atoms with Crippen molar-refractivity contribution in [1.82, 2.24) is 0 Å². The van der Waals surface area contributed by atoms with E-state index in [-0.39, 0.29) is 6.42 Å². The summed E-state index contributed by atoms with van der Waals surface area (Å²) in [5.41, 5.74) is 0.723. The van der Waals surface area contributed by atoms with E-state index >= 15 is 0 Å². The van der Waals surface area contributed by atoms with E-state index in [4.69, 9.17) is 19.3 Å². The van der Waals surface area contributed by atoms with E-state index in [1.165, 1.54) is 0 Å². The highest BCUT2D eigenvalue weighted by Gasteiger charge is 2.01. The number of rotatable bonds is 9. The third-order valence-corrected chi connectivity index (χ3v) is 2.18. The molecule has 100 valence electrons. The number of benzene rings is 1. The van der Waals surface area contributed by atoms with Crippen LogP contribution in [0.5, 0.6) is 5.75 Å². The minimum Gasteiger partial charge on any atom is -0.491 e. The van der Waals surface area contributed by atoms with Crippen molar-refractivity contribution < 1.29 is 24.1 Å². The second-order valence-electron chi connectivity index (χ2n) is 3.67. The van der Waals surface area contributed by atoms with Gasteiger partial charge in [0.2, 0.25) is 0 Å². The van der Waals surface area contributed by atoms with Crippen LogP contribution >= 0.6 is 0 Å². The molecule has 5 nitrogen and oxygen atoms in total. The molecule has 0 bridgehead atoms. The van der Waals surface area contributed by atoms with Crippen LogP contribution in [0.15, 0.2) is 24.3 Å². The molecule has 18 heavy (non-hydrogen) atoms. The Kier molecular flexibility index (Phi) is 6.83. The van der Waals surface area contributed by atoms with Crippen molar-refractivity contribution in [3.05, 3.63) is 29.8 Å². The molecule has 0 saturated heterocycles. The lowest BCUT2D eigenvalue weighted by Gasteiger charge is -2.08. The molecule has 0 aromatic heterocycles. The third kappa shape index (κ3) is 6.22. The Labute approximate surface area is 106 Å². The van der Waals surface area contributed by atoms with Crippen LogP contribution in [-0.2, 0) is 20.7 Å². The minimum absolute atomic E-state index is 0.00153. The Morgan fingerprint density at radius 1 is 1.22 bits per heavy atom. The molecule has 1 aromatic rings. The number of aliphatic carboxylic acids is 1. The van der Waals surface area contributed by atoms with Crippen molar-refractivity contribution in [1.29, 1.82) is 0 Å². The Balaban J connectivity index is 2.27. The average Bonchev–Trinajstić information content (AvgIpc) is 2.33. The summed E-state index contributed by atoms with van der Waals surface area (Å²) in [4.78, 5) is 10.6. The molecule has 0 amide bonds. The van der Waals surface area contributed by atoms with E-state index < -0.39 is 5.97 Å². The van der Waals surface area contributed by atoms with Gasteiger partial charge < -0.3 is 19.3 Å². The van der Waals surface area contributed by atoms with Gasteiger partial charge in [-0.2, -0.15) is 0 Å². The molecule has 0 aliphatic heterocycles. The summed E-state index contributed by atoms with van der Waals surface area (Å²) in [6.45, 7) is 2.01. The molecule has 0 saturated carbocycles. The maximum absolute atomic E-state index is 10.6. The summed E-state index contributed by atoms with van der Waals surface area (Å²) in [5.74, 6) is -0.195. The molecular formula is C13H18O5. The molecule has 0 unspecified atom stereocenters. The quantitative estimate of drug-likeness (QED) is 0.674. The number of carbonyl (C=O) groups is 1. The maximum Gasteiger partial charge on any atom is 0.307 e. The van der Waals surface area contributed by atoms with Crippen molar-refractivity contribution >= 4 is 5.97 Å². The first-order valence-corrected chi connectivity index (χ1v) is 5.72. The van der Waals surface area contributed by atoms with Gasteiger partial charge >= 0.3 is 5.97 Å². The van der Waals surface area contributed by atoms with Crippen molar-refractivity contribution in [2.45, 2.75) is 6.42 Å². The largest absolute Gasteiger partial charge is 0.491 e. The van der Waals surface area contributed by atoms with Gasteiger partial charge in [-0.1, -0.05) is 12.1 Å². The van der Waals surface area contributed by atoms with Gasteiger partial charge in [-0.05, 0) is 17.7 Å². The monoisotopic (exact) mass is 254 g/mol. The highest BCUT2D eigenvalue weighted by molar-refractivity contribution is 5.70. The lowest BCUT2D eigenvalue weighted by Crippen LogP contribution is -2.10. The van der Waals surface area contributed by atoms with E-state index in [0.29, 0.717) is 32.2 Å². The van der Waals surface area contributed by atoms with E-state index in [1.807, 2.05) is 0 Å². The topological polar surface area (TPSA) is 65.0 Å². The molecule has 0 fully saturated rings. The second kappa shape index (κ2) is 8.49. The fourth-order valence-corrected chi connectivity index (χ4v) is 1.38. The van der Waals surface area contributed by atoms with Gasteiger partial charge in [-0.25, -0.2) is 0 Å². The van der Waals surface area contributed by atoms with E-state index in [9.17, 15) is 4.79 Å². The summed E-state index contributed by atoms with van der Waals surface area (Å²) in [7, 11) is 1.62. The van der Waals surface area contributed by atoms with Gasteiger partial charge in [-0.15, -0.1) is 0 Å². The van der Waals surface area contributed by atoms with Crippen molar-refractivity contribution in [2.75, 3.05) is 33.5 Å². The highest BCUT2D eigenvalue weighted by atomic mass is 16.5.